The van der Waals surface area contributed by atoms with Gasteiger partial charge in [-0.15, -0.1) is 0 Å². The third kappa shape index (κ3) is 4.78. The van der Waals surface area contributed by atoms with E-state index in [1.807, 2.05) is 59.2 Å². The molecule has 0 N–H and O–H groups in total. The van der Waals surface area contributed by atoms with Gasteiger partial charge in [-0.1, -0.05) is 24.3 Å². The molecule has 0 atom stereocenters. The number of likely N-dealkylation sites (tertiary alicyclic amines) is 1. The number of amides is 2. The van der Waals surface area contributed by atoms with Crippen LogP contribution in [0, 0.1) is 6.92 Å². The summed E-state index contributed by atoms with van der Waals surface area (Å²) < 4.78 is 5.20. The minimum absolute atomic E-state index is 0.0339. The summed E-state index contributed by atoms with van der Waals surface area (Å²) in [5, 5.41) is 0. The van der Waals surface area contributed by atoms with E-state index in [1.165, 1.54) is 11.1 Å². The quantitative estimate of drug-likeness (QED) is 0.560. The van der Waals surface area contributed by atoms with Crippen LogP contribution in [0.2, 0.25) is 0 Å². The Balaban J connectivity index is 1.30. The summed E-state index contributed by atoms with van der Waals surface area (Å²) in [6, 6.07) is 19.5. The molecule has 3 heterocycles. The molecule has 5 rings (SSSR count). The summed E-state index contributed by atoms with van der Waals surface area (Å²) in [6.45, 7) is 4.62. The van der Waals surface area contributed by atoms with Gasteiger partial charge in [0.15, 0.2) is 0 Å². The maximum atomic E-state index is 13.6. The van der Waals surface area contributed by atoms with E-state index in [4.69, 9.17) is 9.72 Å². The lowest BCUT2D eigenvalue weighted by atomic mass is 9.89. The van der Waals surface area contributed by atoms with Gasteiger partial charge in [0.05, 0.1) is 18.4 Å². The van der Waals surface area contributed by atoms with Gasteiger partial charge in [0.25, 0.3) is 11.8 Å². The normalized spacial score (nSPS) is 16.1. The van der Waals surface area contributed by atoms with Crippen molar-refractivity contribution in [3.63, 3.8) is 0 Å². The number of methoxy groups -OCH3 is 1. The Morgan fingerprint density at radius 3 is 2.29 bits per heavy atom. The summed E-state index contributed by atoms with van der Waals surface area (Å²) in [5.74, 6) is 0.983. The van der Waals surface area contributed by atoms with Gasteiger partial charge in [-0.2, -0.15) is 0 Å². The number of hydrogen-bond acceptors (Lipinski definition) is 4. The lowest BCUT2D eigenvalue weighted by Gasteiger charge is -2.34. The molecular weight excluding hydrogens is 438 g/mol. The molecule has 35 heavy (non-hydrogen) atoms. The van der Waals surface area contributed by atoms with Crippen LogP contribution in [0.15, 0.2) is 60.7 Å². The fourth-order valence-corrected chi connectivity index (χ4v) is 5.18. The zero-order valence-electron chi connectivity index (χ0n) is 20.4. The highest BCUT2D eigenvalue weighted by Crippen LogP contribution is 2.31. The summed E-state index contributed by atoms with van der Waals surface area (Å²) in [7, 11) is 1.62. The van der Waals surface area contributed by atoms with E-state index in [-0.39, 0.29) is 17.7 Å². The second-order valence-electron chi connectivity index (χ2n) is 9.43. The number of fused-ring (bicyclic) bond motifs is 1. The smallest absolute Gasteiger partial charge is 0.256 e. The van der Waals surface area contributed by atoms with Crippen LogP contribution in [0.5, 0.6) is 5.75 Å². The fourth-order valence-electron chi connectivity index (χ4n) is 5.18. The summed E-state index contributed by atoms with van der Waals surface area (Å²) in [6.07, 6.45) is 2.46. The van der Waals surface area contributed by atoms with Crippen LogP contribution < -0.4 is 4.74 Å². The minimum atomic E-state index is 0.0339. The number of carbonyl (C=O) groups is 2. The largest absolute Gasteiger partial charge is 0.497 e. The Morgan fingerprint density at radius 2 is 1.57 bits per heavy atom. The Hall–Kier alpha value is -3.67. The van der Waals surface area contributed by atoms with Crippen molar-refractivity contribution < 1.29 is 14.3 Å². The van der Waals surface area contributed by atoms with Crippen molar-refractivity contribution >= 4 is 11.8 Å². The Morgan fingerprint density at radius 1 is 0.857 bits per heavy atom. The van der Waals surface area contributed by atoms with Gasteiger partial charge in [-0.3, -0.25) is 14.6 Å². The number of benzene rings is 2. The maximum absolute atomic E-state index is 13.6. The van der Waals surface area contributed by atoms with Crippen molar-refractivity contribution in [1.29, 1.82) is 0 Å². The summed E-state index contributed by atoms with van der Waals surface area (Å²) >= 11 is 0. The third-order valence-electron chi connectivity index (χ3n) is 7.22. The molecule has 1 fully saturated rings. The predicted octanol–water partition coefficient (Wildman–Crippen LogP) is 4.62. The van der Waals surface area contributed by atoms with Crippen molar-refractivity contribution in [2.75, 3.05) is 26.7 Å². The molecular formula is C29H31N3O3. The van der Waals surface area contributed by atoms with Crippen LogP contribution in [0.25, 0.3) is 0 Å². The highest BCUT2D eigenvalue weighted by atomic mass is 16.5. The molecule has 3 aromatic rings. The maximum Gasteiger partial charge on any atom is 0.256 e. The van der Waals surface area contributed by atoms with E-state index in [0.29, 0.717) is 30.8 Å². The van der Waals surface area contributed by atoms with Crippen LogP contribution in [-0.2, 0) is 13.0 Å². The molecule has 0 aliphatic carbocycles. The number of nitrogens with zero attached hydrogens (tertiary/aromatic N) is 3. The monoisotopic (exact) mass is 469 g/mol. The van der Waals surface area contributed by atoms with Gasteiger partial charge in [0.2, 0.25) is 0 Å². The second-order valence-corrected chi connectivity index (χ2v) is 9.43. The van der Waals surface area contributed by atoms with E-state index in [1.54, 1.807) is 7.11 Å². The second kappa shape index (κ2) is 9.90. The number of carbonyl (C=O) groups excluding carboxylic acids is 2. The summed E-state index contributed by atoms with van der Waals surface area (Å²) in [5.41, 5.74) is 5.71. The molecule has 2 aliphatic heterocycles. The van der Waals surface area contributed by atoms with E-state index >= 15 is 0 Å². The fraction of sp³-hybridized carbons (Fsp3) is 0.345. The van der Waals surface area contributed by atoms with Gasteiger partial charge in [-0.25, -0.2) is 0 Å². The first-order valence-electron chi connectivity index (χ1n) is 12.3. The molecule has 1 saturated heterocycles. The van der Waals surface area contributed by atoms with Crippen LogP contribution in [0.4, 0.5) is 0 Å². The number of aromatic nitrogens is 1. The van der Waals surface area contributed by atoms with Crippen LogP contribution >= 0.6 is 0 Å². The van der Waals surface area contributed by atoms with Gasteiger partial charge >= 0.3 is 0 Å². The number of rotatable bonds is 4. The van der Waals surface area contributed by atoms with Crippen molar-refractivity contribution in [1.82, 2.24) is 14.8 Å². The van der Waals surface area contributed by atoms with Crippen molar-refractivity contribution in [3.8, 4) is 5.75 Å². The first kappa shape index (κ1) is 23.1. The Bertz CT molecular complexity index is 1230. The van der Waals surface area contributed by atoms with E-state index < -0.39 is 0 Å². The predicted molar refractivity (Wildman–Crippen MR) is 135 cm³/mol. The molecule has 6 nitrogen and oxygen atoms in total. The van der Waals surface area contributed by atoms with Gasteiger partial charge < -0.3 is 14.5 Å². The zero-order chi connectivity index (χ0) is 24.4. The lowest BCUT2D eigenvalue weighted by molar-refractivity contribution is 0.0699. The van der Waals surface area contributed by atoms with Crippen molar-refractivity contribution in [3.05, 3.63) is 94.3 Å². The lowest BCUT2D eigenvalue weighted by Crippen LogP contribution is -2.39. The molecule has 2 aromatic carbocycles. The number of ether oxygens (including phenoxy) is 1. The average molecular weight is 470 g/mol. The van der Waals surface area contributed by atoms with Crippen molar-refractivity contribution in [2.24, 2.45) is 0 Å². The van der Waals surface area contributed by atoms with E-state index in [9.17, 15) is 9.59 Å². The average Bonchev–Trinajstić information content (AvgIpc) is 2.92. The van der Waals surface area contributed by atoms with Gasteiger partial charge in [-0.05, 0) is 73.7 Å². The summed E-state index contributed by atoms with van der Waals surface area (Å²) in [4.78, 5) is 35.3. The SMILES string of the molecule is COc1ccc(C(=O)N2CCC(c3nc(C)ccc3C(=O)N3CCc4ccccc4C3)CC2)cc1. The first-order chi connectivity index (χ1) is 17.0. The van der Waals surface area contributed by atoms with E-state index in [2.05, 4.69) is 18.2 Å². The third-order valence-corrected chi connectivity index (χ3v) is 7.22. The topological polar surface area (TPSA) is 62.7 Å². The zero-order valence-corrected chi connectivity index (χ0v) is 20.4. The standard InChI is InChI=1S/C29H31N3O3/c1-20-7-12-26(29(34)32-18-13-21-5-3-4-6-24(21)19-32)27(30-20)22-14-16-31(17-15-22)28(33)23-8-10-25(35-2)11-9-23/h3-12,22H,13-19H2,1-2H3. The van der Waals surface area contributed by atoms with Crippen molar-refractivity contribution in [2.45, 2.75) is 38.6 Å². The van der Waals surface area contributed by atoms with Crippen LogP contribution in [0.1, 0.15) is 62.0 Å². The highest BCUT2D eigenvalue weighted by Gasteiger charge is 2.30. The molecule has 2 amide bonds. The van der Waals surface area contributed by atoms with E-state index in [0.717, 1.165) is 42.9 Å². The molecule has 0 saturated carbocycles. The highest BCUT2D eigenvalue weighted by molar-refractivity contribution is 5.96. The molecule has 180 valence electrons. The first-order valence-corrected chi connectivity index (χ1v) is 12.3. The molecule has 0 radical (unpaired) electrons. The van der Waals surface area contributed by atoms with Crippen LogP contribution in [0.3, 0.4) is 0 Å². The number of piperidine rings is 1. The van der Waals surface area contributed by atoms with Gasteiger partial charge in [0, 0.05) is 43.4 Å². The Kier molecular flexibility index (Phi) is 6.53. The molecule has 0 unspecified atom stereocenters. The molecule has 6 heteroatoms. The molecule has 1 aromatic heterocycles. The number of pyridine rings is 1. The number of aryl methyl sites for hydroxylation is 1. The minimum Gasteiger partial charge on any atom is -0.497 e. The van der Waals surface area contributed by atoms with Crippen LogP contribution in [-0.4, -0.2) is 53.3 Å². The molecule has 2 aliphatic rings. The Labute approximate surface area is 206 Å². The van der Waals surface area contributed by atoms with Gasteiger partial charge in [0.1, 0.15) is 5.75 Å². The number of hydrogen-bond donors (Lipinski definition) is 0. The molecule has 0 bridgehead atoms. The molecule has 0 spiro atoms.